The number of ether oxygens (including phenoxy) is 1. The van der Waals surface area contributed by atoms with Crippen molar-refractivity contribution in [2.45, 2.75) is 29.7 Å². The first-order valence-electron chi connectivity index (χ1n) is 10.3. The third-order valence-corrected chi connectivity index (χ3v) is 9.39. The summed E-state index contributed by atoms with van der Waals surface area (Å²) in [7, 11) is -6.22. The molecule has 2 aromatic rings. The van der Waals surface area contributed by atoms with Crippen molar-refractivity contribution in [3.8, 4) is 17.6 Å². The molecule has 0 atom stereocenters. The van der Waals surface area contributed by atoms with Gasteiger partial charge in [0.1, 0.15) is 12.4 Å². The number of rotatable bonds is 8. The van der Waals surface area contributed by atoms with Gasteiger partial charge < -0.3 is 9.30 Å². The van der Waals surface area contributed by atoms with Crippen LogP contribution in [0, 0.1) is 17.3 Å². The Morgan fingerprint density at radius 2 is 1.85 bits per heavy atom. The van der Waals surface area contributed by atoms with Crippen LogP contribution in [0.4, 0.5) is 0 Å². The Morgan fingerprint density at radius 1 is 1.21 bits per heavy atom. The summed E-state index contributed by atoms with van der Waals surface area (Å²) in [4.78, 5) is 16.4. The number of carbonyl (C=O) groups is 1. The van der Waals surface area contributed by atoms with Gasteiger partial charge in [0.15, 0.2) is 14.9 Å². The fourth-order valence-electron chi connectivity index (χ4n) is 3.75. The number of sulfonamides is 1. The van der Waals surface area contributed by atoms with Gasteiger partial charge in [0.05, 0.1) is 22.4 Å². The Morgan fingerprint density at radius 3 is 2.38 bits per heavy atom. The molecule has 2 N–H and O–H groups in total. The van der Waals surface area contributed by atoms with E-state index in [1.54, 1.807) is 19.5 Å². The highest BCUT2D eigenvalue weighted by molar-refractivity contribution is 7.91. The number of hydrogen-bond acceptors (Lipinski definition) is 8. The Bertz CT molecular complexity index is 1300. The Hall–Kier alpha value is -2.92. The number of hydrogen-bond donors (Lipinski definition) is 2. The van der Waals surface area contributed by atoms with Gasteiger partial charge in [-0.1, -0.05) is 5.92 Å². The topological polar surface area (TPSA) is 148 Å². The van der Waals surface area contributed by atoms with E-state index in [0.29, 0.717) is 5.75 Å². The molecule has 11 nitrogen and oxygen atoms in total. The van der Waals surface area contributed by atoms with E-state index < -0.39 is 36.9 Å². The van der Waals surface area contributed by atoms with E-state index in [9.17, 15) is 26.8 Å². The van der Waals surface area contributed by atoms with Crippen LogP contribution in [0.5, 0.6) is 5.75 Å². The lowest BCUT2D eigenvalue weighted by Gasteiger charge is -2.38. The summed E-state index contributed by atoms with van der Waals surface area (Å²) in [5, 5.41) is 9.17. The van der Waals surface area contributed by atoms with Crippen LogP contribution in [0.15, 0.2) is 46.7 Å². The van der Waals surface area contributed by atoms with E-state index in [4.69, 9.17) is 4.74 Å². The molecule has 0 radical (unpaired) electrons. The number of hydroxylamine groups is 1. The number of nitrogens with one attached hydrogen (secondary N) is 1. The molecular weight excluding hydrogens is 484 g/mol. The molecular formula is C21H26N4O7S2. The molecule has 1 fully saturated rings. The molecule has 1 aromatic carbocycles. The van der Waals surface area contributed by atoms with E-state index in [1.165, 1.54) is 41.4 Å². The third kappa shape index (κ3) is 5.41. The fraction of sp³-hybridized carbons (Fsp3) is 0.429. The highest BCUT2D eigenvalue weighted by atomic mass is 32.2. The zero-order valence-electron chi connectivity index (χ0n) is 18.8. The number of aryl methyl sites for hydroxylation is 1. The molecule has 1 saturated heterocycles. The molecule has 0 saturated carbocycles. The molecule has 0 bridgehead atoms. The summed E-state index contributed by atoms with van der Waals surface area (Å²) < 4.78 is 60.0. The van der Waals surface area contributed by atoms with Crippen molar-refractivity contribution in [1.82, 2.24) is 19.3 Å². The van der Waals surface area contributed by atoms with Crippen LogP contribution in [-0.2, 0) is 31.7 Å². The Balaban J connectivity index is 1.78. The van der Waals surface area contributed by atoms with Gasteiger partial charge in [-0.3, -0.25) is 10.0 Å². The number of piperidine rings is 1. The van der Waals surface area contributed by atoms with E-state index in [2.05, 4.69) is 16.8 Å². The molecule has 1 aliphatic rings. The molecule has 13 heteroatoms. The predicted molar refractivity (Wildman–Crippen MR) is 121 cm³/mol. The minimum absolute atomic E-state index is 0.0184. The molecule has 1 amide bonds. The highest BCUT2D eigenvalue weighted by Gasteiger charge is 2.47. The maximum Gasteiger partial charge on any atom is 0.262 e. The molecule has 1 aromatic heterocycles. The normalized spacial score (nSPS) is 16.3. The first kappa shape index (κ1) is 25.7. The minimum Gasteiger partial charge on any atom is -0.481 e. The summed E-state index contributed by atoms with van der Waals surface area (Å²) in [6, 6.07) is 5.72. The Kier molecular flexibility index (Phi) is 7.67. The summed E-state index contributed by atoms with van der Waals surface area (Å²) >= 11 is 0. The quantitative estimate of drug-likeness (QED) is 0.298. The lowest BCUT2D eigenvalue weighted by Crippen LogP contribution is -2.52. The van der Waals surface area contributed by atoms with Crippen molar-refractivity contribution in [2.24, 2.45) is 12.5 Å². The summed E-state index contributed by atoms with van der Waals surface area (Å²) in [5.74, 6) is 4.40. The second-order valence-corrected chi connectivity index (χ2v) is 11.8. The second kappa shape index (κ2) is 10.1. The number of benzene rings is 1. The molecule has 0 spiro atoms. The van der Waals surface area contributed by atoms with Crippen molar-refractivity contribution in [3.05, 3.63) is 36.8 Å². The first-order valence-corrected chi connectivity index (χ1v) is 13.4. The van der Waals surface area contributed by atoms with Crippen molar-refractivity contribution in [1.29, 1.82) is 0 Å². The maximum atomic E-state index is 13.1. The van der Waals surface area contributed by atoms with Crippen LogP contribution in [0.2, 0.25) is 0 Å². The van der Waals surface area contributed by atoms with Crippen molar-refractivity contribution >= 4 is 25.8 Å². The lowest BCUT2D eigenvalue weighted by atomic mass is 9.80. The summed E-state index contributed by atoms with van der Waals surface area (Å²) in [6.45, 7) is 1.64. The van der Waals surface area contributed by atoms with E-state index in [1.807, 2.05) is 0 Å². The number of carbonyl (C=O) groups excluding carboxylic acids is 1. The van der Waals surface area contributed by atoms with Gasteiger partial charge in [0.2, 0.25) is 0 Å². The maximum absolute atomic E-state index is 13.1. The van der Waals surface area contributed by atoms with Crippen LogP contribution in [0.1, 0.15) is 19.8 Å². The zero-order valence-corrected chi connectivity index (χ0v) is 20.4. The van der Waals surface area contributed by atoms with Gasteiger partial charge in [0.25, 0.3) is 15.9 Å². The number of imidazole rings is 1. The molecule has 3 rings (SSSR count). The molecule has 0 aliphatic carbocycles. The Labute approximate surface area is 198 Å². The molecule has 34 heavy (non-hydrogen) atoms. The predicted octanol–water partition coefficient (Wildman–Crippen LogP) is 0.572. The van der Waals surface area contributed by atoms with Gasteiger partial charge >= 0.3 is 0 Å². The van der Waals surface area contributed by atoms with Crippen LogP contribution < -0.4 is 10.2 Å². The van der Waals surface area contributed by atoms with Crippen LogP contribution in [0.25, 0.3) is 0 Å². The van der Waals surface area contributed by atoms with Crippen molar-refractivity contribution < 1.29 is 31.6 Å². The van der Waals surface area contributed by atoms with Gasteiger partial charge in [0, 0.05) is 26.3 Å². The number of amides is 1. The van der Waals surface area contributed by atoms with Crippen LogP contribution in [-0.4, -0.2) is 67.3 Å². The number of aromatic nitrogens is 2. The minimum atomic E-state index is -3.96. The molecule has 1 aliphatic heterocycles. The van der Waals surface area contributed by atoms with Crippen molar-refractivity contribution in [2.75, 3.05) is 25.4 Å². The van der Waals surface area contributed by atoms with E-state index in [0.717, 1.165) is 4.31 Å². The van der Waals surface area contributed by atoms with Gasteiger partial charge in [-0.25, -0.2) is 27.3 Å². The van der Waals surface area contributed by atoms with Crippen LogP contribution in [0.3, 0.4) is 0 Å². The van der Waals surface area contributed by atoms with Gasteiger partial charge in [-0.15, -0.1) is 5.92 Å². The van der Waals surface area contributed by atoms with Gasteiger partial charge in [-0.2, -0.15) is 4.31 Å². The van der Waals surface area contributed by atoms with Crippen molar-refractivity contribution in [3.63, 3.8) is 0 Å². The molecule has 0 unspecified atom stereocenters. The zero-order chi connectivity index (χ0) is 25.0. The average Bonchev–Trinajstić information content (AvgIpc) is 3.26. The largest absolute Gasteiger partial charge is 0.481 e. The SMILES string of the molecule is CC#CCOc1ccc(S(=O)(=O)CC2(C(=O)NO)CCN(S(=O)(=O)c3cn(C)cn3)CC2)cc1. The van der Waals surface area contributed by atoms with Crippen LogP contribution >= 0.6 is 0 Å². The standard InChI is InChI=1S/C21H26N4O7S2/c1-3-4-13-32-17-5-7-18(8-6-17)33(28,29)15-21(20(26)23-27)9-11-25(12-10-21)34(30,31)19-14-24(2)16-22-19/h5-8,14,16,27H,9-13,15H2,1-2H3,(H,23,26). The average molecular weight is 511 g/mol. The summed E-state index contributed by atoms with van der Waals surface area (Å²) in [6.07, 6.45) is 2.54. The van der Waals surface area contributed by atoms with E-state index >= 15 is 0 Å². The van der Waals surface area contributed by atoms with Gasteiger partial charge in [-0.05, 0) is 44.0 Å². The number of nitrogens with zero attached hydrogens (tertiary/aromatic N) is 3. The fourth-order valence-corrected chi connectivity index (χ4v) is 7.02. The lowest BCUT2D eigenvalue weighted by molar-refractivity contribution is -0.140. The third-order valence-electron chi connectivity index (χ3n) is 5.69. The molecule has 2 heterocycles. The first-order chi connectivity index (χ1) is 16.0. The monoisotopic (exact) mass is 510 g/mol. The van der Waals surface area contributed by atoms with E-state index in [-0.39, 0.29) is 42.5 Å². The highest BCUT2D eigenvalue weighted by Crippen LogP contribution is 2.37. The second-order valence-electron chi connectivity index (χ2n) is 7.95. The smallest absolute Gasteiger partial charge is 0.262 e. The number of sulfone groups is 1. The summed E-state index contributed by atoms with van der Waals surface area (Å²) in [5.41, 5.74) is 0.0517. The molecule has 184 valence electrons.